The molecular weight excluding hydrogens is 423 g/mol. The Labute approximate surface area is 182 Å². The third kappa shape index (κ3) is 3.58. The number of halogens is 3. The summed E-state index contributed by atoms with van der Waals surface area (Å²) in [7, 11) is 0. The van der Waals surface area contributed by atoms with Gasteiger partial charge in [0.1, 0.15) is 5.75 Å². The maximum absolute atomic E-state index is 13.2. The van der Waals surface area contributed by atoms with Gasteiger partial charge >= 0.3 is 6.18 Å². The molecule has 2 N–H and O–H groups in total. The number of morpholine rings is 1. The van der Waals surface area contributed by atoms with E-state index in [1.54, 1.807) is 6.92 Å². The van der Waals surface area contributed by atoms with E-state index in [2.05, 4.69) is 25.4 Å². The molecular formula is C22H22F3N5O2. The van der Waals surface area contributed by atoms with Gasteiger partial charge in [0, 0.05) is 5.39 Å². The lowest BCUT2D eigenvalue weighted by atomic mass is 9.90. The Morgan fingerprint density at radius 3 is 2.59 bits per heavy atom. The molecule has 168 valence electrons. The molecule has 2 saturated heterocycles. The Hall–Kier alpha value is -3.14. The Morgan fingerprint density at radius 1 is 1.16 bits per heavy atom. The van der Waals surface area contributed by atoms with Crippen molar-refractivity contribution in [2.75, 3.05) is 23.4 Å². The van der Waals surface area contributed by atoms with Crippen LogP contribution in [0.15, 0.2) is 30.5 Å². The number of hydrogen-bond donors (Lipinski definition) is 2. The van der Waals surface area contributed by atoms with E-state index < -0.39 is 23.5 Å². The third-order valence-electron chi connectivity index (χ3n) is 6.14. The first-order valence-electron chi connectivity index (χ1n) is 10.4. The van der Waals surface area contributed by atoms with E-state index in [1.165, 1.54) is 6.07 Å². The van der Waals surface area contributed by atoms with Gasteiger partial charge in [-0.2, -0.15) is 18.3 Å². The lowest BCUT2D eigenvalue weighted by Crippen LogP contribution is -2.64. The average molecular weight is 445 g/mol. The number of benzene rings is 1. The first-order chi connectivity index (χ1) is 15.2. The fraction of sp³-hybridized carbons (Fsp3) is 0.409. The van der Waals surface area contributed by atoms with E-state index in [-0.39, 0.29) is 5.56 Å². The third-order valence-corrected chi connectivity index (χ3v) is 6.14. The van der Waals surface area contributed by atoms with Crippen LogP contribution >= 0.6 is 0 Å². The van der Waals surface area contributed by atoms with E-state index >= 15 is 0 Å². The highest BCUT2D eigenvalue weighted by Gasteiger charge is 2.42. The number of aryl methyl sites for hydroxylation is 1. The molecule has 1 aromatic carbocycles. The summed E-state index contributed by atoms with van der Waals surface area (Å²) < 4.78 is 45.1. The summed E-state index contributed by atoms with van der Waals surface area (Å²) in [5, 5.41) is 22.1. The number of ether oxygens (including phenoxy) is 1. The Balaban J connectivity index is 1.49. The van der Waals surface area contributed by atoms with Crippen molar-refractivity contribution in [2.24, 2.45) is 0 Å². The van der Waals surface area contributed by atoms with Gasteiger partial charge in [-0.1, -0.05) is 0 Å². The molecule has 0 saturated carbocycles. The summed E-state index contributed by atoms with van der Waals surface area (Å²) in [5.74, 6) is -0.0231. The lowest BCUT2D eigenvalue weighted by molar-refractivity contribution is -0.137. The zero-order valence-electron chi connectivity index (χ0n) is 17.5. The zero-order chi connectivity index (χ0) is 22.6. The molecule has 2 aliphatic rings. The second-order valence-corrected chi connectivity index (χ2v) is 8.39. The molecule has 5 rings (SSSR count). The van der Waals surface area contributed by atoms with Gasteiger partial charge in [0.05, 0.1) is 60.0 Å². The first kappa shape index (κ1) is 20.7. The maximum Gasteiger partial charge on any atom is 0.416 e. The molecule has 2 aromatic heterocycles. The van der Waals surface area contributed by atoms with Crippen molar-refractivity contribution in [2.45, 2.75) is 44.6 Å². The first-order valence-corrected chi connectivity index (χ1v) is 10.4. The molecule has 32 heavy (non-hydrogen) atoms. The predicted molar refractivity (Wildman–Crippen MR) is 113 cm³/mol. The quantitative estimate of drug-likeness (QED) is 0.623. The number of aromatic hydroxyl groups is 1. The van der Waals surface area contributed by atoms with E-state index in [9.17, 15) is 18.3 Å². The molecule has 0 spiro atoms. The normalized spacial score (nSPS) is 21.3. The van der Waals surface area contributed by atoms with Crippen molar-refractivity contribution < 1.29 is 23.0 Å². The fourth-order valence-electron chi connectivity index (χ4n) is 4.49. The number of alkyl halides is 3. The molecule has 4 heterocycles. The maximum atomic E-state index is 13.2. The minimum absolute atomic E-state index is 0.284. The van der Waals surface area contributed by atoms with Crippen LogP contribution in [0, 0.1) is 6.92 Å². The SMILES string of the molecule is Cc1nnc(N[C@H](C)c2cc(O)cc(C(F)(F)F)c2)c2cc(N3C4COCC3C4)cnc12. The summed E-state index contributed by atoms with van der Waals surface area (Å²) in [5.41, 5.74) is 1.67. The van der Waals surface area contributed by atoms with E-state index in [0.717, 1.165) is 23.6 Å². The summed E-state index contributed by atoms with van der Waals surface area (Å²) >= 11 is 0. The molecule has 2 aliphatic heterocycles. The van der Waals surface area contributed by atoms with Crippen molar-refractivity contribution in [3.8, 4) is 5.75 Å². The van der Waals surface area contributed by atoms with Gasteiger partial charge in [-0.3, -0.25) is 4.98 Å². The molecule has 10 heteroatoms. The lowest BCUT2D eigenvalue weighted by Gasteiger charge is -2.53. The number of phenolic OH excluding ortho intramolecular Hbond substituents is 1. The van der Waals surface area contributed by atoms with Gasteiger partial charge < -0.3 is 20.1 Å². The Kier molecular flexibility index (Phi) is 4.85. The van der Waals surface area contributed by atoms with Crippen molar-refractivity contribution in [1.82, 2.24) is 15.2 Å². The number of rotatable bonds is 4. The topological polar surface area (TPSA) is 83.4 Å². The fourth-order valence-corrected chi connectivity index (χ4v) is 4.49. The minimum atomic E-state index is -4.55. The van der Waals surface area contributed by atoms with Gasteiger partial charge in [0.15, 0.2) is 5.82 Å². The second kappa shape index (κ2) is 7.47. The van der Waals surface area contributed by atoms with Crippen LogP contribution in [0.2, 0.25) is 0 Å². The van der Waals surface area contributed by atoms with Crippen LogP contribution in [0.25, 0.3) is 10.9 Å². The molecule has 3 aromatic rings. The standard InChI is InChI=1S/C22H22F3N5O2/c1-11(13-3-14(22(23,24)25)5-18(31)4-13)27-21-19-7-15(8-26-20(19)12(2)28-29-21)30-16-6-17(30)10-32-9-16/h3-5,7-8,11,16-17,31H,6,9-10H2,1-2H3,(H,27,29)/t11-,16?,17?/m1/s1. The van der Waals surface area contributed by atoms with Crippen molar-refractivity contribution in [1.29, 1.82) is 0 Å². The molecule has 2 unspecified atom stereocenters. The monoisotopic (exact) mass is 445 g/mol. The number of anilines is 2. The van der Waals surface area contributed by atoms with Crippen LogP contribution < -0.4 is 10.2 Å². The summed E-state index contributed by atoms with van der Waals surface area (Å²) in [6, 6.07) is 5.12. The minimum Gasteiger partial charge on any atom is -0.508 e. The highest BCUT2D eigenvalue weighted by molar-refractivity contribution is 5.92. The smallest absolute Gasteiger partial charge is 0.416 e. The van der Waals surface area contributed by atoms with Crippen LogP contribution in [0.1, 0.15) is 36.2 Å². The number of hydrogen-bond acceptors (Lipinski definition) is 7. The van der Waals surface area contributed by atoms with Crippen molar-refractivity contribution in [3.05, 3.63) is 47.3 Å². The average Bonchev–Trinajstić information content (AvgIpc) is 2.75. The zero-order valence-corrected chi connectivity index (χ0v) is 17.5. The summed E-state index contributed by atoms with van der Waals surface area (Å²) in [6.07, 6.45) is -1.65. The van der Waals surface area contributed by atoms with Crippen LogP contribution in [-0.4, -0.2) is 45.6 Å². The highest BCUT2D eigenvalue weighted by atomic mass is 19.4. The van der Waals surface area contributed by atoms with E-state index in [4.69, 9.17) is 4.74 Å². The Bertz CT molecular complexity index is 1170. The largest absolute Gasteiger partial charge is 0.508 e. The van der Waals surface area contributed by atoms with Gasteiger partial charge in [0.2, 0.25) is 0 Å². The highest BCUT2D eigenvalue weighted by Crippen LogP contribution is 2.38. The summed E-state index contributed by atoms with van der Waals surface area (Å²) in [4.78, 5) is 6.89. The van der Waals surface area contributed by atoms with Crippen LogP contribution in [0.5, 0.6) is 5.75 Å². The number of nitrogens with zero attached hydrogens (tertiary/aromatic N) is 4. The van der Waals surface area contributed by atoms with Gasteiger partial charge in [-0.15, -0.1) is 5.10 Å². The number of phenols is 1. The van der Waals surface area contributed by atoms with Crippen molar-refractivity contribution in [3.63, 3.8) is 0 Å². The van der Waals surface area contributed by atoms with Gasteiger partial charge in [0.25, 0.3) is 0 Å². The molecule has 0 radical (unpaired) electrons. The van der Waals surface area contributed by atoms with Crippen LogP contribution in [-0.2, 0) is 10.9 Å². The summed E-state index contributed by atoms with van der Waals surface area (Å²) in [6.45, 7) is 4.88. The number of aromatic nitrogens is 3. The van der Waals surface area contributed by atoms with E-state index in [1.807, 2.05) is 19.2 Å². The van der Waals surface area contributed by atoms with Crippen LogP contribution in [0.4, 0.5) is 24.7 Å². The second-order valence-electron chi connectivity index (χ2n) is 8.39. The molecule has 0 aliphatic carbocycles. The van der Waals surface area contributed by atoms with Gasteiger partial charge in [-0.25, -0.2) is 0 Å². The molecule has 2 fully saturated rings. The molecule has 2 bridgehead atoms. The molecule has 7 nitrogen and oxygen atoms in total. The van der Waals surface area contributed by atoms with Gasteiger partial charge in [-0.05, 0) is 50.1 Å². The number of fused-ring (bicyclic) bond motifs is 3. The Morgan fingerprint density at radius 2 is 1.91 bits per heavy atom. The number of pyridine rings is 1. The van der Waals surface area contributed by atoms with E-state index in [0.29, 0.717) is 48.4 Å². The molecule has 0 amide bonds. The molecule has 3 atom stereocenters. The van der Waals surface area contributed by atoms with Crippen LogP contribution in [0.3, 0.4) is 0 Å². The number of nitrogens with one attached hydrogen (secondary N) is 1. The predicted octanol–water partition coefficient (Wildman–Crippen LogP) is 4.21. The van der Waals surface area contributed by atoms with Crippen molar-refractivity contribution >= 4 is 22.4 Å².